The summed E-state index contributed by atoms with van der Waals surface area (Å²) >= 11 is 0. The number of primary amides is 1. The SMILES string of the molecule is NC(=O)Oc1ccccc1NC(=O)C=Cc1cnn(CCOc2cc(F)cc(F)c2)c1. The van der Waals surface area contributed by atoms with Crippen molar-refractivity contribution in [2.24, 2.45) is 5.73 Å². The van der Waals surface area contributed by atoms with Gasteiger partial charge in [0.25, 0.3) is 0 Å². The number of benzene rings is 2. The molecule has 0 saturated heterocycles. The van der Waals surface area contributed by atoms with Crippen molar-refractivity contribution in [1.82, 2.24) is 9.78 Å². The maximum Gasteiger partial charge on any atom is 0.410 e. The van der Waals surface area contributed by atoms with Crippen molar-refractivity contribution in [2.45, 2.75) is 6.54 Å². The van der Waals surface area contributed by atoms with Crippen LogP contribution in [-0.2, 0) is 11.3 Å². The number of nitrogens with one attached hydrogen (secondary N) is 1. The molecule has 0 atom stereocenters. The lowest BCUT2D eigenvalue weighted by atomic mass is 10.2. The Balaban J connectivity index is 1.52. The van der Waals surface area contributed by atoms with Gasteiger partial charge < -0.3 is 20.5 Å². The minimum Gasteiger partial charge on any atom is -0.491 e. The molecule has 0 bridgehead atoms. The first-order valence-electron chi connectivity index (χ1n) is 9.06. The molecule has 0 aliphatic heterocycles. The normalized spacial score (nSPS) is 10.8. The van der Waals surface area contributed by atoms with Crippen molar-refractivity contribution in [3.8, 4) is 11.5 Å². The zero-order chi connectivity index (χ0) is 22.2. The Bertz CT molecular complexity index is 1090. The van der Waals surface area contributed by atoms with Crippen LogP contribution < -0.4 is 20.5 Å². The van der Waals surface area contributed by atoms with Crippen LogP contribution in [0.3, 0.4) is 0 Å². The summed E-state index contributed by atoms with van der Waals surface area (Å²) in [7, 11) is 0. The van der Waals surface area contributed by atoms with Gasteiger partial charge in [-0.25, -0.2) is 13.6 Å². The second kappa shape index (κ2) is 10.0. The predicted molar refractivity (Wildman–Crippen MR) is 108 cm³/mol. The van der Waals surface area contributed by atoms with Gasteiger partial charge in [-0.1, -0.05) is 12.1 Å². The summed E-state index contributed by atoms with van der Waals surface area (Å²) in [4.78, 5) is 23.1. The van der Waals surface area contributed by atoms with Crippen LogP contribution in [0.15, 0.2) is 60.9 Å². The zero-order valence-electron chi connectivity index (χ0n) is 16.1. The van der Waals surface area contributed by atoms with Crippen LogP contribution in [0.1, 0.15) is 5.56 Å². The lowest BCUT2D eigenvalue weighted by Gasteiger charge is -2.08. The molecule has 0 saturated carbocycles. The number of para-hydroxylation sites is 2. The summed E-state index contributed by atoms with van der Waals surface area (Å²) in [6.07, 6.45) is 5.04. The second-order valence-corrected chi connectivity index (χ2v) is 6.23. The highest BCUT2D eigenvalue weighted by molar-refractivity contribution is 6.02. The van der Waals surface area contributed by atoms with Crippen LogP contribution in [0.25, 0.3) is 6.08 Å². The number of hydrogen-bond donors (Lipinski definition) is 2. The molecule has 160 valence electrons. The third kappa shape index (κ3) is 6.67. The minimum atomic E-state index is -0.990. The Labute approximate surface area is 175 Å². The van der Waals surface area contributed by atoms with Crippen LogP contribution in [0.5, 0.6) is 11.5 Å². The van der Waals surface area contributed by atoms with Crippen molar-refractivity contribution in [1.29, 1.82) is 0 Å². The van der Waals surface area contributed by atoms with E-state index in [4.69, 9.17) is 15.2 Å². The van der Waals surface area contributed by atoms with Gasteiger partial charge in [-0.3, -0.25) is 9.48 Å². The molecule has 10 heteroatoms. The Morgan fingerprint density at radius 1 is 1.16 bits per heavy atom. The van der Waals surface area contributed by atoms with E-state index in [1.165, 1.54) is 18.3 Å². The number of nitrogens with two attached hydrogens (primary N) is 1. The Morgan fingerprint density at radius 2 is 1.90 bits per heavy atom. The molecule has 3 rings (SSSR count). The minimum absolute atomic E-state index is 0.0852. The molecule has 0 aliphatic carbocycles. The third-order valence-corrected chi connectivity index (χ3v) is 3.86. The molecule has 0 fully saturated rings. The van der Waals surface area contributed by atoms with Gasteiger partial charge in [-0.15, -0.1) is 0 Å². The molecule has 3 aromatic rings. The zero-order valence-corrected chi connectivity index (χ0v) is 16.1. The van der Waals surface area contributed by atoms with Gasteiger partial charge in [0, 0.05) is 36.0 Å². The maximum atomic E-state index is 13.1. The quantitative estimate of drug-likeness (QED) is 0.535. The number of halogens is 2. The Kier molecular flexibility index (Phi) is 6.94. The Hall–Kier alpha value is -4.21. The van der Waals surface area contributed by atoms with Gasteiger partial charge >= 0.3 is 6.09 Å². The number of carbonyl (C=O) groups excluding carboxylic acids is 2. The van der Waals surface area contributed by atoms with Gasteiger partial charge in [0.05, 0.1) is 18.4 Å². The molecular formula is C21H18F2N4O4. The fraction of sp³-hybridized carbons (Fsp3) is 0.0952. The summed E-state index contributed by atoms with van der Waals surface area (Å²) in [6.45, 7) is 0.473. The first-order chi connectivity index (χ1) is 14.9. The molecular weight excluding hydrogens is 410 g/mol. The van der Waals surface area contributed by atoms with Crippen molar-refractivity contribution >= 4 is 23.8 Å². The first-order valence-corrected chi connectivity index (χ1v) is 9.06. The van der Waals surface area contributed by atoms with E-state index in [1.807, 2.05) is 0 Å². The van der Waals surface area contributed by atoms with Gasteiger partial charge in [0.1, 0.15) is 24.0 Å². The smallest absolute Gasteiger partial charge is 0.410 e. The molecule has 3 N–H and O–H groups in total. The molecule has 1 aromatic heterocycles. The number of anilines is 1. The average molecular weight is 428 g/mol. The van der Waals surface area contributed by atoms with E-state index in [-0.39, 0.29) is 23.8 Å². The van der Waals surface area contributed by atoms with Crippen LogP contribution in [0, 0.1) is 11.6 Å². The number of carbonyl (C=O) groups is 2. The summed E-state index contributed by atoms with van der Waals surface area (Å²) in [6, 6.07) is 9.29. The topological polar surface area (TPSA) is 108 Å². The predicted octanol–water partition coefficient (Wildman–Crippen LogP) is 3.35. The number of aromatic nitrogens is 2. The van der Waals surface area contributed by atoms with E-state index in [2.05, 4.69) is 10.4 Å². The van der Waals surface area contributed by atoms with E-state index >= 15 is 0 Å². The fourth-order valence-electron chi connectivity index (χ4n) is 2.57. The van der Waals surface area contributed by atoms with Crippen LogP contribution in [-0.4, -0.2) is 28.4 Å². The summed E-state index contributed by atoms with van der Waals surface area (Å²) in [5, 5.41) is 6.71. The highest BCUT2D eigenvalue weighted by atomic mass is 19.1. The first kappa shape index (κ1) is 21.5. The molecule has 2 aromatic carbocycles. The molecule has 0 unspecified atom stereocenters. The summed E-state index contributed by atoms with van der Waals surface area (Å²) < 4.78 is 38.0. The number of amides is 2. The largest absolute Gasteiger partial charge is 0.491 e. The molecule has 0 spiro atoms. The van der Waals surface area contributed by atoms with E-state index < -0.39 is 23.6 Å². The van der Waals surface area contributed by atoms with Crippen LogP contribution in [0.2, 0.25) is 0 Å². The molecule has 0 aliphatic rings. The fourth-order valence-corrected chi connectivity index (χ4v) is 2.57. The molecule has 8 nitrogen and oxygen atoms in total. The highest BCUT2D eigenvalue weighted by Gasteiger charge is 2.08. The van der Waals surface area contributed by atoms with E-state index in [9.17, 15) is 18.4 Å². The van der Waals surface area contributed by atoms with Crippen molar-refractivity contribution < 1.29 is 27.8 Å². The van der Waals surface area contributed by atoms with Gasteiger partial charge in [-0.2, -0.15) is 5.10 Å². The standard InChI is InChI=1S/C21H18F2N4O4/c22-15-9-16(23)11-17(10-15)30-8-7-27-13-14(12-25-27)5-6-20(28)26-18-3-1-2-4-19(18)31-21(24)29/h1-6,9-13H,7-8H2,(H2,24,29)(H,26,28). The van der Waals surface area contributed by atoms with Crippen LogP contribution in [0.4, 0.5) is 19.3 Å². The van der Waals surface area contributed by atoms with Gasteiger partial charge in [0.2, 0.25) is 5.91 Å². The number of ether oxygens (including phenoxy) is 2. The number of nitrogens with zero attached hydrogens (tertiary/aromatic N) is 2. The van der Waals surface area contributed by atoms with E-state index in [0.717, 1.165) is 18.2 Å². The molecule has 31 heavy (non-hydrogen) atoms. The van der Waals surface area contributed by atoms with Crippen molar-refractivity contribution in [3.05, 3.63) is 78.1 Å². The molecule has 1 heterocycles. The van der Waals surface area contributed by atoms with Crippen molar-refractivity contribution in [2.75, 3.05) is 11.9 Å². The van der Waals surface area contributed by atoms with Crippen LogP contribution >= 0.6 is 0 Å². The Morgan fingerprint density at radius 3 is 2.65 bits per heavy atom. The number of rotatable bonds is 8. The summed E-state index contributed by atoms with van der Waals surface area (Å²) in [5.41, 5.74) is 5.94. The lowest BCUT2D eigenvalue weighted by molar-refractivity contribution is -0.111. The van der Waals surface area contributed by atoms with Gasteiger partial charge in [-0.05, 0) is 18.2 Å². The van der Waals surface area contributed by atoms with E-state index in [1.54, 1.807) is 35.2 Å². The molecule has 2 amide bonds. The average Bonchev–Trinajstić information content (AvgIpc) is 3.15. The summed E-state index contributed by atoms with van der Waals surface area (Å²) in [5.74, 6) is -1.68. The third-order valence-electron chi connectivity index (χ3n) is 3.86. The van der Waals surface area contributed by atoms with E-state index in [0.29, 0.717) is 12.1 Å². The lowest BCUT2D eigenvalue weighted by Crippen LogP contribution is -2.18. The maximum absolute atomic E-state index is 13.1. The molecule has 0 radical (unpaired) electrons. The monoisotopic (exact) mass is 428 g/mol. The number of hydrogen-bond acceptors (Lipinski definition) is 5. The van der Waals surface area contributed by atoms with Crippen molar-refractivity contribution in [3.63, 3.8) is 0 Å². The highest BCUT2D eigenvalue weighted by Crippen LogP contribution is 2.23. The second-order valence-electron chi connectivity index (χ2n) is 6.23. The van der Waals surface area contributed by atoms with Gasteiger partial charge in [0.15, 0.2) is 5.75 Å².